The van der Waals surface area contributed by atoms with Crippen LogP contribution in [-0.2, 0) is 10.8 Å². The molecule has 2 aromatic rings. The van der Waals surface area contributed by atoms with Crippen molar-refractivity contribution in [3.63, 3.8) is 0 Å². The Kier molecular flexibility index (Phi) is 3.99. The van der Waals surface area contributed by atoms with Gasteiger partial charge in [-0.2, -0.15) is 0 Å². The third-order valence-corrected chi connectivity index (χ3v) is 4.07. The average molecular weight is 292 g/mol. The zero-order valence-corrected chi connectivity index (χ0v) is 11.4. The van der Waals surface area contributed by atoms with Gasteiger partial charge in [0.15, 0.2) is 0 Å². The van der Waals surface area contributed by atoms with Crippen LogP contribution in [-0.4, -0.2) is 16.2 Å². The lowest BCUT2D eigenvalue weighted by atomic mass is 10.3. The molecule has 1 unspecified atom stereocenters. The molecule has 0 aromatic heterocycles. The van der Waals surface area contributed by atoms with Crippen molar-refractivity contribution < 1.29 is 13.9 Å². The molecule has 2 N–H and O–H groups in total. The molecule has 2 rings (SSSR count). The van der Waals surface area contributed by atoms with E-state index in [0.29, 0.717) is 15.5 Å². The Bertz CT molecular complexity index is 671. The molecule has 0 heterocycles. The summed E-state index contributed by atoms with van der Waals surface area (Å²) in [6.07, 6.45) is 0. The van der Waals surface area contributed by atoms with Crippen molar-refractivity contribution in [2.75, 3.05) is 12.8 Å². The van der Waals surface area contributed by atoms with E-state index in [4.69, 9.17) is 10.5 Å². The van der Waals surface area contributed by atoms with Crippen LogP contribution in [0.1, 0.15) is 0 Å². The minimum Gasteiger partial charge on any atom is -0.497 e. The molecule has 0 fully saturated rings. The number of nitro benzene ring substituents is 1. The maximum Gasteiger partial charge on any atom is 0.293 e. The third-order valence-electron chi connectivity index (χ3n) is 2.69. The van der Waals surface area contributed by atoms with Crippen molar-refractivity contribution in [3.05, 3.63) is 52.6 Å². The van der Waals surface area contributed by atoms with Gasteiger partial charge in [0.05, 0.1) is 27.7 Å². The van der Waals surface area contributed by atoms with Gasteiger partial charge in [0.25, 0.3) is 5.69 Å². The summed E-state index contributed by atoms with van der Waals surface area (Å²) in [4.78, 5) is 11.1. The minimum atomic E-state index is -1.51. The first-order valence-electron chi connectivity index (χ1n) is 5.62. The van der Waals surface area contributed by atoms with Gasteiger partial charge in [-0.3, -0.25) is 10.1 Å². The number of methoxy groups -OCH3 is 1. The molecule has 0 bridgehead atoms. The molecule has 1 atom stereocenters. The lowest BCUT2D eigenvalue weighted by Gasteiger charge is -2.05. The van der Waals surface area contributed by atoms with Crippen molar-refractivity contribution >= 4 is 22.2 Å². The van der Waals surface area contributed by atoms with Gasteiger partial charge in [-0.05, 0) is 36.4 Å². The normalized spacial score (nSPS) is 11.8. The summed E-state index contributed by atoms with van der Waals surface area (Å²) in [5.74, 6) is 0.647. The molecule has 0 aliphatic heterocycles. The van der Waals surface area contributed by atoms with E-state index >= 15 is 0 Å². The molecule has 0 saturated carbocycles. The Labute approximate surface area is 117 Å². The number of nitro groups is 1. The molecule has 6 nitrogen and oxygen atoms in total. The van der Waals surface area contributed by atoms with Crippen LogP contribution in [0.5, 0.6) is 5.75 Å². The molecular weight excluding hydrogens is 280 g/mol. The topological polar surface area (TPSA) is 95.5 Å². The number of benzene rings is 2. The van der Waals surface area contributed by atoms with Gasteiger partial charge in [-0.1, -0.05) is 0 Å². The summed E-state index contributed by atoms with van der Waals surface area (Å²) in [6, 6.07) is 10.8. The number of anilines is 1. The van der Waals surface area contributed by atoms with Crippen LogP contribution in [0.25, 0.3) is 0 Å². The summed E-state index contributed by atoms with van der Waals surface area (Å²) in [6.45, 7) is 0. The van der Waals surface area contributed by atoms with E-state index in [1.54, 1.807) is 24.3 Å². The predicted octanol–water partition coefficient (Wildman–Crippen LogP) is 2.35. The standard InChI is InChI=1S/C13H12N2O4S/c1-19-9-2-4-10(5-3-9)20(18)11-6-7-12(14)13(8-11)15(16)17/h2-8H,14H2,1H3. The van der Waals surface area contributed by atoms with Gasteiger partial charge in [-0.15, -0.1) is 0 Å². The van der Waals surface area contributed by atoms with Gasteiger partial charge >= 0.3 is 0 Å². The van der Waals surface area contributed by atoms with Gasteiger partial charge < -0.3 is 10.5 Å². The fourth-order valence-corrected chi connectivity index (χ4v) is 2.70. The molecule has 0 spiro atoms. The summed E-state index contributed by atoms with van der Waals surface area (Å²) in [5, 5.41) is 10.8. The Morgan fingerprint density at radius 1 is 1.15 bits per heavy atom. The Hall–Kier alpha value is -2.41. The van der Waals surface area contributed by atoms with Crippen LogP contribution in [0, 0.1) is 10.1 Å². The Morgan fingerprint density at radius 3 is 2.30 bits per heavy atom. The number of hydrogen-bond donors (Lipinski definition) is 1. The van der Waals surface area contributed by atoms with E-state index < -0.39 is 15.7 Å². The van der Waals surface area contributed by atoms with Gasteiger partial charge in [0, 0.05) is 11.0 Å². The molecule has 0 amide bonds. The molecular formula is C13H12N2O4S. The summed E-state index contributed by atoms with van der Waals surface area (Å²) >= 11 is 0. The first kappa shape index (κ1) is 14.0. The second-order valence-electron chi connectivity index (χ2n) is 3.92. The lowest BCUT2D eigenvalue weighted by Crippen LogP contribution is -1.99. The summed E-state index contributed by atoms with van der Waals surface area (Å²) in [5.41, 5.74) is 5.31. The largest absolute Gasteiger partial charge is 0.497 e. The van der Waals surface area contributed by atoms with Crippen LogP contribution < -0.4 is 10.5 Å². The van der Waals surface area contributed by atoms with E-state index in [9.17, 15) is 14.3 Å². The fraction of sp³-hybridized carbons (Fsp3) is 0.0769. The lowest BCUT2D eigenvalue weighted by molar-refractivity contribution is -0.384. The first-order chi connectivity index (χ1) is 9.52. The molecule has 20 heavy (non-hydrogen) atoms. The molecule has 0 radical (unpaired) electrons. The molecule has 0 saturated heterocycles. The highest BCUT2D eigenvalue weighted by Crippen LogP contribution is 2.27. The maximum absolute atomic E-state index is 12.3. The molecule has 0 aliphatic rings. The van der Waals surface area contributed by atoms with E-state index in [1.165, 1.54) is 25.3 Å². The van der Waals surface area contributed by atoms with Crippen molar-refractivity contribution in [2.24, 2.45) is 0 Å². The minimum absolute atomic E-state index is 0.0467. The second-order valence-corrected chi connectivity index (χ2v) is 5.40. The summed E-state index contributed by atoms with van der Waals surface area (Å²) in [7, 11) is 0.0293. The van der Waals surface area contributed by atoms with Crippen molar-refractivity contribution in [1.29, 1.82) is 0 Å². The fourth-order valence-electron chi connectivity index (χ4n) is 1.63. The number of hydrogen-bond acceptors (Lipinski definition) is 5. The quantitative estimate of drug-likeness (QED) is 0.530. The van der Waals surface area contributed by atoms with Gasteiger partial charge in [0.2, 0.25) is 0 Å². The number of nitrogens with zero attached hydrogens (tertiary/aromatic N) is 1. The zero-order chi connectivity index (χ0) is 14.7. The smallest absolute Gasteiger partial charge is 0.293 e. The van der Waals surface area contributed by atoms with Crippen LogP contribution in [0.15, 0.2) is 52.3 Å². The number of rotatable bonds is 4. The Balaban J connectivity index is 2.37. The van der Waals surface area contributed by atoms with E-state index in [0.717, 1.165) is 0 Å². The molecule has 104 valence electrons. The maximum atomic E-state index is 12.3. The average Bonchev–Trinajstić information content (AvgIpc) is 2.47. The third kappa shape index (κ3) is 2.77. The Morgan fingerprint density at radius 2 is 1.75 bits per heavy atom. The number of nitrogen functional groups attached to an aromatic ring is 1. The van der Waals surface area contributed by atoms with E-state index in [2.05, 4.69) is 0 Å². The van der Waals surface area contributed by atoms with E-state index in [1.807, 2.05) is 0 Å². The van der Waals surface area contributed by atoms with Gasteiger partial charge in [0.1, 0.15) is 11.4 Å². The van der Waals surface area contributed by atoms with Crippen LogP contribution in [0.4, 0.5) is 11.4 Å². The summed E-state index contributed by atoms with van der Waals surface area (Å²) < 4.78 is 17.4. The second kappa shape index (κ2) is 5.70. The van der Waals surface area contributed by atoms with Crippen molar-refractivity contribution in [1.82, 2.24) is 0 Å². The van der Waals surface area contributed by atoms with Gasteiger partial charge in [-0.25, -0.2) is 4.21 Å². The number of nitrogens with two attached hydrogens (primary N) is 1. The molecule has 7 heteroatoms. The molecule has 2 aromatic carbocycles. The highest BCUT2D eigenvalue weighted by molar-refractivity contribution is 7.85. The number of ether oxygens (including phenoxy) is 1. The van der Waals surface area contributed by atoms with E-state index in [-0.39, 0.29) is 11.4 Å². The predicted molar refractivity (Wildman–Crippen MR) is 75.2 cm³/mol. The monoisotopic (exact) mass is 292 g/mol. The van der Waals surface area contributed by atoms with Crippen LogP contribution >= 0.6 is 0 Å². The van der Waals surface area contributed by atoms with Crippen molar-refractivity contribution in [2.45, 2.75) is 9.79 Å². The molecule has 0 aliphatic carbocycles. The SMILES string of the molecule is COc1ccc(S(=O)c2ccc(N)c([N+](=O)[O-])c2)cc1. The highest BCUT2D eigenvalue weighted by Gasteiger charge is 2.16. The zero-order valence-electron chi connectivity index (χ0n) is 10.6. The highest BCUT2D eigenvalue weighted by atomic mass is 32.2. The first-order valence-corrected chi connectivity index (χ1v) is 6.77. The van der Waals surface area contributed by atoms with Crippen molar-refractivity contribution in [3.8, 4) is 5.75 Å². The van der Waals surface area contributed by atoms with Crippen LogP contribution in [0.2, 0.25) is 0 Å². The van der Waals surface area contributed by atoms with Crippen LogP contribution in [0.3, 0.4) is 0 Å².